The average Bonchev–Trinajstić information content (AvgIpc) is 2.29. The standard InChI is InChI=1S/C15H23ClO2/c1-15(2,3)18-9-8-13(11-17)10-12-4-6-14(16)7-5-12/h4-7,13,17H,8-11H2,1-3H3. The predicted octanol–water partition coefficient (Wildman–Crippen LogP) is 3.70. The lowest BCUT2D eigenvalue weighted by Gasteiger charge is -2.21. The zero-order valence-corrected chi connectivity index (χ0v) is 12.2. The molecular weight excluding hydrogens is 248 g/mol. The molecule has 0 bridgehead atoms. The van der Waals surface area contributed by atoms with E-state index >= 15 is 0 Å². The van der Waals surface area contributed by atoms with Crippen LogP contribution in [-0.2, 0) is 11.2 Å². The molecule has 0 saturated heterocycles. The van der Waals surface area contributed by atoms with Crippen LogP contribution in [0.25, 0.3) is 0 Å². The molecular formula is C15H23ClO2. The molecule has 0 saturated carbocycles. The molecule has 0 fully saturated rings. The van der Waals surface area contributed by atoms with Gasteiger partial charge in [-0.1, -0.05) is 23.7 Å². The second-order valence-corrected chi connectivity index (χ2v) is 6.07. The molecule has 1 aromatic carbocycles. The molecule has 0 aliphatic carbocycles. The molecule has 3 heteroatoms. The van der Waals surface area contributed by atoms with Crippen molar-refractivity contribution in [2.45, 2.75) is 39.2 Å². The van der Waals surface area contributed by atoms with Crippen molar-refractivity contribution in [3.05, 3.63) is 34.9 Å². The van der Waals surface area contributed by atoms with Crippen molar-refractivity contribution in [1.29, 1.82) is 0 Å². The van der Waals surface area contributed by atoms with E-state index in [1.54, 1.807) is 0 Å². The van der Waals surface area contributed by atoms with Gasteiger partial charge in [0.1, 0.15) is 0 Å². The van der Waals surface area contributed by atoms with Crippen molar-refractivity contribution in [3.8, 4) is 0 Å². The average molecular weight is 271 g/mol. The second kappa shape index (κ2) is 7.13. The van der Waals surface area contributed by atoms with Crippen molar-refractivity contribution in [2.75, 3.05) is 13.2 Å². The Labute approximate surface area is 115 Å². The lowest BCUT2D eigenvalue weighted by Crippen LogP contribution is -2.22. The van der Waals surface area contributed by atoms with Crippen LogP contribution in [0, 0.1) is 5.92 Å². The van der Waals surface area contributed by atoms with Gasteiger partial charge in [0.15, 0.2) is 0 Å². The van der Waals surface area contributed by atoms with Gasteiger partial charge in [-0.3, -0.25) is 0 Å². The molecule has 1 aromatic rings. The third-order valence-electron chi connectivity index (χ3n) is 2.76. The molecule has 1 rings (SSSR count). The van der Waals surface area contributed by atoms with Gasteiger partial charge in [-0.05, 0) is 57.2 Å². The first-order valence-corrected chi connectivity index (χ1v) is 6.78. The van der Waals surface area contributed by atoms with Crippen molar-refractivity contribution in [2.24, 2.45) is 5.92 Å². The Morgan fingerprint density at radius 2 is 1.83 bits per heavy atom. The number of aliphatic hydroxyl groups is 1. The lowest BCUT2D eigenvalue weighted by molar-refractivity contribution is -0.0121. The van der Waals surface area contributed by atoms with E-state index < -0.39 is 0 Å². The fraction of sp³-hybridized carbons (Fsp3) is 0.600. The van der Waals surface area contributed by atoms with E-state index in [1.807, 2.05) is 45.0 Å². The zero-order chi connectivity index (χ0) is 13.6. The maximum absolute atomic E-state index is 9.39. The van der Waals surface area contributed by atoms with E-state index in [2.05, 4.69) is 0 Å². The van der Waals surface area contributed by atoms with E-state index in [0.717, 1.165) is 17.9 Å². The molecule has 0 heterocycles. The molecule has 18 heavy (non-hydrogen) atoms. The molecule has 0 aromatic heterocycles. The summed E-state index contributed by atoms with van der Waals surface area (Å²) in [6.07, 6.45) is 1.73. The van der Waals surface area contributed by atoms with Crippen molar-refractivity contribution in [3.63, 3.8) is 0 Å². The third kappa shape index (κ3) is 6.39. The summed E-state index contributed by atoms with van der Waals surface area (Å²) in [5.74, 6) is 0.244. The van der Waals surface area contributed by atoms with E-state index in [4.69, 9.17) is 16.3 Å². The molecule has 1 atom stereocenters. The van der Waals surface area contributed by atoms with Gasteiger partial charge in [-0.15, -0.1) is 0 Å². The summed E-state index contributed by atoms with van der Waals surface area (Å²) in [7, 11) is 0. The summed E-state index contributed by atoms with van der Waals surface area (Å²) < 4.78 is 5.69. The molecule has 0 spiro atoms. The van der Waals surface area contributed by atoms with Crippen molar-refractivity contribution < 1.29 is 9.84 Å². The molecule has 0 amide bonds. The predicted molar refractivity (Wildman–Crippen MR) is 76.1 cm³/mol. The summed E-state index contributed by atoms with van der Waals surface area (Å²) in [4.78, 5) is 0. The Balaban J connectivity index is 2.40. The topological polar surface area (TPSA) is 29.5 Å². The Hall–Kier alpha value is -0.570. The normalized spacial score (nSPS) is 13.6. The number of ether oxygens (including phenoxy) is 1. The molecule has 0 aliphatic heterocycles. The molecule has 2 nitrogen and oxygen atoms in total. The molecule has 102 valence electrons. The van der Waals surface area contributed by atoms with Crippen molar-refractivity contribution >= 4 is 11.6 Å². The maximum Gasteiger partial charge on any atom is 0.0598 e. The van der Waals surface area contributed by atoms with Crippen LogP contribution in [0.15, 0.2) is 24.3 Å². The Morgan fingerprint density at radius 3 is 2.33 bits per heavy atom. The van der Waals surface area contributed by atoms with Gasteiger partial charge in [0, 0.05) is 18.2 Å². The van der Waals surface area contributed by atoms with Gasteiger partial charge in [-0.2, -0.15) is 0 Å². The minimum absolute atomic E-state index is 0.111. The van der Waals surface area contributed by atoms with Gasteiger partial charge in [0.05, 0.1) is 5.60 Å². The summed E-state index contributed by atoms with van der Waals surface area (Å²) in [6, 6.07) is 7.79. The summed E-state index contributed by atoms with van der Waals surface area (Å²) in [5.41, 5.74) is 1.09. The number of aliphatic hydroxyl groups excluding tert-OH is 1. The highest BCUT2D eigenvalue weighted by Crippen LogP contribution is 2.16. The summed E-state index contributed by atoms with van der Waals surface area (Å²) in [6.45, 7) is 7.00. The van der Waals surface area contributed by atoms with Crippen LogP contribution in [0.3, 0.4) is 0 Å². The number of benzene rings is 1. The molecule has 1 N–H and O–H groups in total. The quantitative estimate of drug-likeness (QED) is 0.854. The summed E-state index contributed by atoms with van der Waals surface area (Å²) >= 11 is 5.85. The third-order valence-corrected chi connectivity index (χ3v) is 3.01. The SMILES string of the molecule is CC(C)(C)OCCC(CO)Cc1ccc(Cl)cc1. The molecule has 1 unspecified atom stereocenters. The minimum atomic E-state index is -0.111. The maximum atomic E-state index is 9.39. The fourth-order valence-corrected chi connectivity index (χ4v) is 1.87. The highest BCUT2D eigenvalue weighted by Gasteiger charge is 2.13. The fourth-order valence-electron chi connectivity index (χ4n) is 1.74. The smallest absolute Gasteiger partial charge is 0.0598 e. The highest BCUT2D eigenvalue weighted by atomic mass is 35.5. The number of hydrogen-bond acceptors (Lipinski definition) is 2. The summed E-state index contributed by atoms with van der Waals surface area (Å²) in [5, 5.41) is 10.1. The lowest BCUT2D eigenvalue weighted by atomic mass is 9.97. The first-order valence-electron chi connectivity index (χ1n) is 6.40. The van der Waals surface area contributed by atoms with Crippen LogP contribution in [0.2, 0.25) is 5.02 Å². The van der Waals surface area contributed by atoms with E-state index in [-0.39, 0.29) is 18.1 Å². The van der Waals surface area contributed by atoms with Crippen LogP contribution in [-0.4, -0.2) is 23.9 Å². The minimum Gasteiger partial charge on any atom is -0.396 e. The van der Waals surface area contributed by atoms with Gasteiger partial charge in [0.25, 0.3) is 0 Å². The molecule has 0 aliphatic rings. The van der Waals surface area contributed by atoms with E-state index in [0.29, 0.717) is 6.61 Å². The largest absolute Gasteiger partial charge is 0.396 e. The van der Waals surface area contributed by atoms with Gasteiger partial charge in [0.2, 0.25) is 0 Å². The first-order chi connectivity index (χ1) is 8.40. The van der Waals surface area contributed by atoms with E-state index in [1.165, 1.54) is 5.56 Å². The number of hydrogen-bond donors (Lipinski definition) is 1. The molecule has 0 radical (unpaired) electrons. The monoisotopic (exact) mass is 270 g/mol. The van der Waals surface area contributed by atoms with Crippen LogP contribution >= 0.6 is 11.6 Å². The van der Waals surface area contributed by atoms with Crippen molar-refractivity contribution in [1.82, 2.24) is 0 Å². The van der Waals surface area contributed by atoms with Crippen LogP contribution in [0.5, 0.6) is 0 Å². The van der Waals surface area contributed by atoms with Gasteiger partial charge < -0.3 is 9.84 Å². The first kappa shape index (κ1) is 15.5. The Morgan fingerprint density at radius 1 is 1.22 bits per heavy atom. The van der Waals surface area contributed by atoms with Gasteiger partial charge in [-0.25, -0.2) is 0 Å². The van der Waals surface area contributed by atoms with Crippen LogP contribution in [0.1, 0.15) is 32.8 Å². The zero-order valence-electron chi connectivity index (χ0n) is 11.4. The van der Waals surface area contributed by atoms with Crippen LogP contribution in [0.4, 0.5) is 0 Å². The Bertz CT molecular complexity index is 341. The number of rotatable bonds is 6. The van der Waals surface area contributed by atoms with Crippen LogP contribution < -0.4 is 0 Å². The Kier molecular flexibility index (Phi) is 6.13. The second-order valence-electron chi connectivity index (χ2n) is 5.63. The van der Waals surface area contributed by atoms with Gasteiger partial charge >= 0.3 is 0 Å². The number of halogens is 1. The van der Waals surface area contributed by atoms with E-state index in [9.17, 15) is 5.11 Å². The highest BCUT2D eigenvalue weighted by molar-refractivity contribution is 6.30.